The van der Waals surface area contributed by atoms with Gasteiger partial charge in [-0.1, -0.05) is 23.4 Å². The number of para-hydroxylation sites is 1. The largest absolute Gasteiger partial charge is 0.303 e. The van der Waals surface area contributed by atoms with Crippen LogP contribution >= 0.6 is 0 Å². The van der Waals surface area contributed by atoms with E-state index in [2.05, 4.69) is 91.7 Å². The standard InChI is InChI=1S/C14H24N2.C2H3N3/c1-13(2,3)15-16(14(4,5)6)12-10-8-7-9-11-12;1-2-4-5-3-1/h7-11,15H,1-6H3;1-2H,(H,3,4,5). The van der Waals surface area contributed by atoms with Gasteiger partial charge in [0.15, 0.2) is 0 Å². The Kier molecular flexibility index (Phi) is 5.90. The van der Waals surface area contributed by atoms with Gasteiger partial charge in [0.25, 0.3) is 0 Å². The number of nitrogens with one attached hydrogen (secondary N) is 2. The van der Waals surface area contributed by atoms with Crippen LogP contribution in [0, 0.1) is 0 Å². The van der Waals surface area contributed by atoms with E-state index in [9.17, 15) is 0 Å². The number of benzene rings is 1. The smallest absolute Gasteiger partial charge is 0.0690 e. The van der Waals surface area contributed by atoms with Gasteiger partial charge in [0, 0.05) is 17.3 Å². The summed E-state index contributed by atoms with van der Waals surface area (Å²) in [7, 11) is 0. The number of aromatic amines is 1. The van der Waals surface area contributed by atoms with Crippen LogP contribution in [0.4, 0.5) is 5.69 Å². The van der Waals surface area contributed by atoms with E-state index in [4.69, 9.17) is 0 Å². The second-order valence-corrected chi connectivity index (χ2v) is 6.86. The van der Waals surface area contributed by atoms with Crippen molar-refractivity contribution in [2.45, 2.75) is 52.6 Å². The molecule has 0 saturated carbocycles. The molecule has 21 heavy (non-hydrogen) atoms. The number of hydrogen-bond acceptors (Lipinski definition) is 4. The Hall–Kier alpha value is -1.88. The highest BCUT2D eigenvalue weighted by Crippen LogP contribution is 2.22. The first-order valence-corrected chi connectivity index (χ1v) is 7.14. The zero-order valence-corrected chi connectivity index (χ0v) is 13.9. The summed E-state index contributed by atoms with van der Waals surface area (Å²) in [5, 5.41) is 11.5. The fourth-order valence-corrected chi connectivity index (χ4v) is 1.70. The normalized spacial score (nSPS) is 11.5. The number of rotatable bonds is 2. The molecular weight excluding hydrogens is 262 g/mol. The topological polar surface area (TPSA) is 56.8 Å². The van der Waals surface area contributed by atoms with E-state index >= 15 is 0 Å². The molecule has 2 rings (SSSR count). The second-order valence-electron chi connectivity index (χ2n) is 6.86. The average molecular weight is 289 g/mol. The molecule has 0 aliphatic rings. The lowest BCUT2D eigenvalue weighted by Gasteiger charge is -2.42. The third-order valence-electron chi connectivity index (χ3n) is 2.46. The molecule has 0 amide bonds. The van der Waals surface area contributed by atoms with E-state index in [-0.39, 0.29) is 11.1 Å². The summed E-state index contributed by atoms with van der Waals surface area (Å²) in [4.78, 5) is 0. The summed E-state index contributed by atoms with van der Waals surface area (Å²) in [6, 6.07) is 10.4. The molecule has 0 atom stereocenters. The summed E-state index contributed by atoms with van der Waals surface area (Å²) in [5.41, 5.74) is 4.85. The molecule has 5 heteroatoms. The summed E-state index contributed by atoms with van der Waals surface area (Å²) < 4.78 is 0. The number of H-pyrrole nitrogens is 1. The van der Waals surface area contributed by atoms with Crippen molar-refractivity contribution in [3.63, 3.8) is 0 Å². The van der Waals surface area contributed by atoms with E-state index in [0.29, 0.717) is 0 Å². The van der Waals surface area contributed by atoms with Gasteiger partial charge in [0.2, 0.25) is 0 Å². The van der Waals surface area contributed by atoms with Gasteiger partial charge in [-0.3, -0.25) is 5.10 Å². The van der Waals surface area contributed by atoms with E-state index in [1.54, 1.807) is 12.4 Å². The first kappa shape index (κ1) is 17.2. The third-order valence-corrected chi connectivity index (χ3v) is 2.46. The molecule has 1 aromatic carbocycles. The van der Waals surface area contributed by atoms with Crippen molar-refractivity contribution in [1.29, 1.82) is 0 Å². The predicted molar refractivity (Wildman–Crippen MR) is 87.9 cm³/mol. The zero-order chi connectivity index (χ0) is 15.9. The quantitative estimate of drug-likeness (QED) is 0.832. The molecule has 1 aromatic heterocycles. The summed E-state index contributed by atoms with van der Waals surface area (Å²) in [6.07, 6.45) is 3.24. The number of hydrogen-bond donors (Lipinski definition) is 2. The van der Waals surface area contributed by atoms with Gasteiger partial charge in [-0.05, 0) is 53.7 Å². The van der Waals surface area contributed by atoms with Crippen molar-refractivity contribution in [1.82, 2.24) is 20.8 Å². The van der Waals surface area contributed by atoms with Crippen LogP contribution in [0.25, 0.3) is 0 Å². The van der Waals surface area contributed by atoms with Crippen molar-refractivity contribution in [2.24, 2.45) is 0 Å². The van der Waals surface area contributed by atoms with Crippen molar-refractivity contribution in [2.75, 3.05) is 5.01 Å². The molecule has 0 radical (unpaired) electrons. The van der Waals surface area contributed by atoms with Crippen molar-refractivity contribution < 1.29 is 0 Å². The Morgan fingerprint density at radius 1 is 1.00 bits per heavy atom. The molecule has 5 nitrogen and oxygen atoms in total. The molecule has 0 aliphatic carbocycles. The second kappa shape index (κ2) is 7.22. The highest BCUT2D eigenvalue weighted by Gasteiger charge is 2.25. The number of anilines is 1. The number of aromatic nitrogens is 3. The first-order chi connectivity index (χ1) is 9.70. The average Bonchev–Trinajstić information content (AvgIpc) is 2.94. The molecule has 0 aliphatic heterocycles. The molecule has 116 valence electrons. The first-order valence-electron chi connectivity index (χ1n) is 7.14. The van der Waals surface area contributed by atoms with Gasteiger partial charge in [-0.15, -0.1) is 5.10 Å². The van der Waals surface area contributed by atoms with Crippen LogP contribution in [-0.2, 0) is 0 Å². The van der Waals surface area contributed by atoms with Crippen molar-refractivity contribution in [3.05, 3.63) is 42.7 Å². The number of nitrogens with zero attached hydrogens (tertiary/aromatic N) is 3. The highest BCUT2D eigenvalue weighted by molar-refractivity contribution is 5.47. The predicted octanol–water partition coefficient (Wildman–Crippen LogP) is 3.40. The van der Waals surface area contributed by atoms with Crippen molar-refractivity contribution in [3.8, 4) is 0 Å². The molecule has 1 heterocycles. The maximum atomic E-state index is 3.55. The maximum Gasteiger partial charge on any atom is 0.0690 e. The van der Waals surface area contributed by atoms with E-state index in [0.717, 1.165) is 0 Å². The molecule has 0 bridgehead atoms. The Morgan fingerprint density at radius 3 is 1.95 bits per heavy atom. The minimum Gasteiger partial charge on any atom is -0.303 e. The molecule has 0 unspecified atom stereocenters. The van der Waals surface area contributed by atoms with E-state index in [1.807, 2.05) is 6.07 Å². The van der Waals surface area contributed by atoms with Gasteiger partial charge in [0.1, 0.15) is 0 Å². The van der Waals surface area contributed by atoms with Gasteiger partial charge in [0.05, 0.1) is 11.9 Å². The summed E-state index contributed by atoms with van der Waals surface area (Å²) in [5.74, 6) is 0. The zero-order valence-electron chi connectivity index (χ0n) is 13.9. The Morgan fingerprint density at radius 2 is 1.62 bits per heavy atom. The lowest BCUT2D eigenvalue weighted by Crippen LogP contribution is -2.57. The molecule has 0 spiro atoms. The molecule has 2 N–H and O–H groups in total. The Balaban J connectivity index is 0.000000369. The van der Waals surface area contributed by atoms with Crippen LogP contribution in [0.1, 0.15) is 41.5 Å². The Labute approximate surface area is 127 Å². The van der Waals surface area contributed by atoms with Crippen LogP contribution in [0.3, 0.4) is 0 Å². The molecule has 2 aromatic rings. The molecular formula is C16H27N5. The fraction of sp³-hybridized carbons (Fsp3) is 0.500. The van der Waals surface area contributed by atoms with Crippen LogP contribution in [0.15, 0.2) is 42.7 Å². The van der Waals surface area contributed by atoms with Crippen molar-refractivity contribution >= 4 is 5.69 Å². The van der Waals surface area contributed by atoms with E-state index in [1.165, 1.54) is 5.69 Å². The summed E-state index contributed by atoms with van der Waals surface area (Å²) in [6.45, 7) is 13.1. The third kappa shape index (κ3) is 6.90. The van der Waals surface area contributed by atoms with E-state index < -0.39 is 0 Å². The van der Waals surface area contributed by atoms with Crippen LogP contribution in [0.2, 0.25) is 0 Å². The monoisotopic (exact) mass is 289 g/mol. The molecule has 0 fully saturated rings. The van der Waals surface area contributed by atoms with Crippen LogP contribution < -0.4 is 10.4 Å². The lowest BCUT2D eigenvalue weighted by molar-refractivity contribution is 0.338. The summed E-state index contributed by atoms with van der Waals surface area (Å²) >= 11 is 0. The highest BCUT2D eigenvalue weighted by atomic mass is 15.6. The lowest BCUT2D eigenvalue weighted by atomic mass is 10.1. The van der Waals surface area contributed by atoms with Gasteiger partial charge >= 0.3 is 0 Å². The number of hydrazine groups is 1. The van der Waals surface area contributed by atoms with Gasteiger partial charge < -0.3 is 5.01 Å². The molecule has 0 saturated heterocycles. The maximum absolute atomic E-state index is 3.55. The van der Waals surface area contributed by atoms with Gasteiger partial charge in [-0.25, -0.2) is 5.43 Å². The SMILES string of the molecule is CC(C)(C)NN(c1ccccc1)C(C)(C)C.c1c[nH]nn1. The fourth-order valence-electron chi connectivity index (χ4n) is 1.70. The van der Waals surface area contributed by atoms with Crippen LogP contribution in [0.5, 0.6) is 0 Å². The van der Waals surface area contributed by atoms with Crippen LogP contribution in [-0.4, -0.2) is 26.5 Å². The minimum atomic E-state index is 0.0502. The Bertz CT molecular complexity index is 462. The minimum absolute atomic E-state index is 0.0502. The van der Waals surface area contributed by atoms with Gasteiger partial charge in [-0.2, -0.15) is 0 Å².